The zero-order valence-corrected chi connectivity index (χ0v) is 66.0. The fourth-order valence-electron chi connectivity index (χ4n) is 9.73. The minimum absolute atomic E-state index is 0.0736. The van der Waals surface area contributed by atoms with Crippen LogP contribution in [0.15, 0.2) is 0 Å². The maximum absolute atomic E-state index is 10.1. The van der Waals surface area contributed by atoms with Crippen molar-refractivity contribution in [3.8, 4) is 0 Å². The zero-order chi connectivity index (χ0) is 65.7. The molecule has 0 N–H and O–H groups in total. The van der Waals surface area contributed by atoms with Gasteiger partial charge in [-0.1, -0.05) is 184 Å². The molecule has 0 aromatic carbocycles. The Hall–Kier alpha value is -0.523. The molecular weight excluding hydrogens is 1280 g/mol. The van der Waals surface area contributed by atoms with Crippen LogP contribution in [0.25, 0.3) is 0 Å². The minimum atomic E-state index is -0.925. The average Bonchev–Trinajstić information content (AvgIpc) is 3.45. The first kappa shape index (κ1) is 96.6. The average molecular weight is 1430 g/mol. The molecule has 0 atom stereocenters. The summed E-state index contributed by atoms with van der Waals surface area (Å²) in [7, 11) is 0. The van der Waals surface area contributed by atoms with Crippen molar-refractivity contribution >= 4 is 66.2 Å². The van der Waals surface area contributed by atoms with Gasteiger partial charge in [-0.25, -0.2) is 0 Å². The summed E-state index contributed by atoms with van der Waals surface area (Å²) in [6, 6.07) is 0. The summed E-state index contributed by atoms with van der Waals surface area (Å²) < 4.78 is 6.63. The van der Waals surface area contributed by atoms with Crippen LogP contribution in [0.5, 0.6) is 0 Å². The van der Waals surface area contributed by atoms with Gasteiger partial charge in [0, 0.05) is 23.9 Å². The van der Waals surface area contributed by atoms with Crippen LogP contribution >= 0.6 is 0 Å². The first-order valence-electron chi connectivity index (χ1n) is 37.4. The molecule has 0 heterocycles. The van der Waals surface area contributed by atoms with Crippen LogP contribution in [-0.2, 0) is 19.2 Å². The fourth-order valence-corrected chi connectivity index (χ4v) is 16.9. The molecular formula is C76H152O8Sn2. The van der Waals surface area contributed by atoms with E-state index in [1.54, 1.807) is 43.4 Å². The second kappa shape index (κ2) is 84.5. The zero-order valence-electron chi connectivity index (χ0n) is 60.3. The number of carboxylic acids is 4. The second-order valence-corrected chi connectivity index (χ2v) is 36.0. The van der Waals surface area contributed by atoms with E-state index in [1.165, 1.54) is 231 Å². The third kappa shape index (κ3) is 125. The van der Waals surface area contributed by atoms with E-state index in [-0.39, 0.29) is 68.0 Å². The second-order valence-electron chi connectivity index (χ2n) is 27.5. The van der Waals surface area contributed by atoms with E-state index in [0.717, 1.165) is 64.2 Å². The van der Waals surface area contributed by atoms with Crippen molar-refractivity contribution in [3.05, 3.63) is 0 Å². The summed E-state index contributed by atoms with van der Waals surface area (Å²) in [5.74, 6) is -3.67. The van der Waals surface area contributed by atoms with Crippen LogP contribution in [0, 0.1) is 10.8 Å². The Balaban J connectivity index is -0.000000224. The molecule has 0 aliphatic rings. The molecule has 86 heavy (non-hydrogen) atoms. The number of rotatable bonds is 58. The molecule has 0 radical (unpaired) electrons. The third-order valence-electron chi connectivity index (χ3n) is 15.4. The van der Waals surface area contributed by atoms with Crippen molar-refractivity contribution in [1.29, 1.82) is 0 Å². The molecule has 0 unspecified atom stereocenters. The Kier molecular flexibility index (Phi) is 94.9. The Labute approximate surface area is 560 Å². The van der Waals surface area contributed by atoms with E-state index in [1.807, 2.05) is 0 Å². The molecule has 0 aliphatic carbocycles. The first-order chi connectivity index (χ1) is 41.2. The first-order valence-corrected chi connectivity index (χ1v) is 45.5. The van der Waals surface area contributed by atoms with Crippen molar-refractivity contribution in [1.82, 2.24) is 0 Å². The monoisotopic (exact) mass is 1430 g/mol. The molecule has 8 nitrogen and oxygen atoms in total. The van der Waals surface area contributed by atoms with Crippen LogP contribution < -0.4 is 20.4 Å². The van der Waals surface area contributed by atoms with Crippen LogP contribution in [0.4, 0.5) is 0 Å². The van der Waals surface area contributed by atoms with Gasteiger partial charge in [0.1, 0.15) is 0 Å². The van der Waals surface area contributed by atoms with E-state index in [0.29, 0.717) is 10.8 Å². The molecule has 0 saturated carbocycles. The van der Waals surface area contributed by atoms with Gasteiger partial charge in [-0.15, -0.1) is 0 Å². The van der Waals surface area contributed by atoms with Crippen LogP contribution in [0.3, 0.4) is 0 Å². The summed E-state index contributed by atoms with van der Waals surface area (Å²) in [5, 5.41) is 40.3. The fraction of sp³-hybridized carbons (Fsp3) is 0.947. The van der Waals surface area contributed by atoms with Crippen LogP contribution in [0.2, 0.25) is 17.7 Å². The molecule has 0 spiro atoms. The van der Waals surface area contributed by atoms with Crippen molar-refractivity contribution < 1.29 is 39.6 Å². The van der Waals surface area contributed by atoms with E-state index in [9.17, 15) is 39.6 Å². The van der Waals surface area contributed by atoms with Gasteiger partial charge in [0.2, 0.25) is 0 Å². The van der Waals surface area contributed by atoms with Gasteiger partial charge in [-0.2, -0.15) is 0 Å². The molecule has 0 aromatic rings. The normalized spacial score (nSPS) is 10.7. The topological polar surface area (TPSA) is 161 Å². The van der Waals surface area contributed by atoms with Gasteiger partial charge in [-0.3, -0.25) is 0 Å². The summed E-state index contributed by atoms with van der Waals surface area (Å²) in [6.07, 6.45) is 66.5. The number of carboxylic acid groups (broad SMARTS) is 4. The van der Waals surface area contributed by atoms with Crippen molar-refractivity contribution in [2.24, 2.45) is 10.8 Å². The Bertz CT molecular complexity index is 1160. The van der Waals surface area contributed by atoms with Crippen molar-refractivity contribution in [3.63, 3.8) is 0 Å². The molecule has 0 aliphatic heterocycles. The van der Waals surface area contributed by atoms with E-state index < -0.39 is 23.9 Å². The summed E-state index contributed by atoms with van der Waals surface area (Å²) in [4.78, 5) is 40.3. The Morgan fingerprint density at radius 1 is 0.221 bits per heavy atom. The molecule has 0 amide bonds. The van der Waals surface area contributed by atoms with E-state index >= 15 is 0 Å². The van der Waals surface area contributed by atoms with Gasteiger partial charge >= 0.3 is 242 Å². The molecule has 0 rings (SSSR count). The number of aliphatic carboxylic acids is 4. The molecule has 10 heteroatoms. The van der Waals surface area contributed by atoms with Crippen molar-refractivity contribution in [2.75, 3.05) is 0 Å². The molecule has 0 aromatic heterocycles. The third-order valence-corrected chi connectivity index (χ3v) is 23.5. The van der Waals surface area contributed by atoms with Gasteiger partial charge < -0.3 is 39.6 Å². The van der Waals surface area contributed by atoms with Crippen LogP contribution in [0.1, 0.15) is 430 Å². The maximum atomic E-state index is 10.1. The van der Waals surface area contributed by atoms with E-state index in [4.69, 9.17) is 0 Å². The van der Waals surface area contributed by atoms with Gasteiger partial charge in [0.15, 0.2) is 0 Å². The van der Waals surface area contributed by atoms with E-state index in [2.05, 4.69) is 83.1 Å². The molecule has 0 bridgehead atoms. The van der Waals surface area contributed by atoms with Crippen LogP contribution in [-0.4, -0.2) is 66.2 Å². The number of unbranched alkanes of at least 4 members (excludes halogenated alkanes) is 40. The van der Waals surface area contributed by atoms with Crippen molar-refractivity contribution in [2.45, 2.75) is 448 Å². The number of hydrogen-bond donors (Lipinski definition) is 0. The van der Waals surface area contributed by atoms with Gasteiger partial charge in [-0.05, 0) is 75.0 Å². The summed E-state index contributed by atoms with van der Waals surface area (Å²) in [5.41, 5.74) is 0.753. The standard InChI is InChI=1S/2C12H24O2.2C10H20O2.4C8H17.2Sn/c2*1-2-3-4-5-6-7-8-9-10-11-12(13)14;2*1-10(2,3)8-6-4-5-7-9(11)12;4*1-3-5-7-8-6-4-2;;/h2*2-11H2,1H3,(H,13,14);2*4-8H2,1-3H3,(H,11,12);4*1,3-8H2,2H3;;/q;;;;;;;;2*+2/p-4. The summed E-state index contributed by atoms with van der Waals surface area (Å²) >= 11 is 0.147. The Morgan fingerprint density at radius 2 is 0.360 bits per heavy atom. The molecule has 0 saturated heterocycles. The SMILES string of the molecule is CC(C)(C)CCCCCC(=O)[O-].CC(C)(C)CCCCCC(=O)[O-].CCCCCCCCCCCC(=O)[O-].CCCCCCCCCCCC(=O)[O-].CCCCCCC[CH2][Sn+2][CH2]CCCCCCC.CCCCCCC[CH2][Sn+2][CH2]CCCCCCC. The number of hydrogen-bond acceptors (Lipinski definition) is 8. The predicted octanol–water partition coefficient (Wildman–Crippen LogP) is 21.3. The number of carbonyl (C=O) groups excluding carboxylic acids is 4. The molecule has 0 fully saturated rings. The van der Waals surface area contributed by atoms with Gasteiger partial charge in [0.05, 0.1) is 0 Å². The van der Waals surface area contributed by atoms with Gasteiger partial charge in [0.25, 0.3) is 0 Å². The quantitative estimate of drug-likeness (QED) is 0.0430. The number of carbonyl (C=O) groups is 4. The predicted molar refractivity (Wildman–Crippen MR) is 373 cm³/mol. The molecule has 512 valence electrons. The summed E-state index contributed by atoms with van der Waals surface area (Å²) in [6.45, 7) is 26.8. The Morgan fingerprint density at radius 3 is 0.512 bits per heavy atom.